The molecule has 1 aromatic rings. The maximum atomic E-state index is 10.9. The highest BCUT2D eigenvalue weighted by atomic mass is 16.5. The van der Waals surface area contributed by atoms with Gasteiger partial charge < -0.3 is 4.52 Å². The van der Waals surface area contributed by atoms with Crippen molar-refractivity contribution in [2.24, 2.45) is 5.92 Å². The van der Waals surface area contributed by atoms with Gasteiger partial charge in [-0.3, -0.25) is 4.79 Å². The van der Waals surface area contributed by atoms with E-state index in [1.807, 2.05) is 0 Å². The van der Waals surface area contributed by atoms with E-state index >= 15 is 0 Å². The quantitative estimate of drug-likeness (QED) is 0.662. The van der Waals surface area contributed by atoms with Crippen LogP contribution in [-0.2, 0) is 6.54 Å². The van der Waals surface area contributed by atoms with Gasteiger partial charge in [-0.05, 0) is 12.3 Å². The van der Waals surface area contributed by atoms with Crippen molar-refractivity contribution < 1.29 is 4.52 Å². The largest absolute Gasteiger partial charge is 0.384 e. The first-order valence-corrected chi connectivity index (χ1v) is 3.85. The molecule has 62 valence electrons. The van der Waals surface area contributed by atoms with Crippen LogP contribution >= 0.6 is 0 Å². The summed E-state index contributed by atoms with van der Waals surface area (Å²) >= 11 is 0. The van der Waals surface area contributed by atoms with Crippen LogP contribution in [0.1, 0.15) is 20.3 Å². The Morgan fingerprint density at radius 1 is 1.64 bits per heavy atom. The lowest BCUT2D eigenvalue weighted by molar-refractivity contribution is 0.246. The zero-order valence-electron chi connectivity index (χ0n) is 6.91. The van der Waals surface area contributed by atoms with Crippen molar-refractivity contribution in [3.63, 3.8) is 0 Å². The second kappa shape index (κ2) is 3.42. The molecule has 1 rings (SSSR count). The van der Waals surface area contributed by atoms with Crippen LogP contribution in [0, 0.1) is 5.92 Å². The molecule has 0 saturated carbocycles. The molecule has 0 fully saturated rings. The highest BCUT2D eigenvalue weighted by Crippen LogP contribution is 2.00. The lowest BCUT2D eigenvalue weighted by Gasteiger charge is -2.02. The van der Waals surface area contributed by atoms with Crippen LogP contribution in [0.3, 0.4) is 0 Å². The molecule has 0 aliphatic carbocycles. The molecule has 1 heterocycles. The van der Waals surface area contributed by atoms with Crippen molar-refractivity contribution in [2.45, 2.75) is 26.8 Å². The maximum Gasteiger partial charge on any atom is 0.282 e. The van der Waals surface area contributed by atoms with Crippen molar-refractivity contribution in [3.8, 4) is 0 Å². The Balaban J connectivity index is 2.51. The highest BCUT2D eigenvalue weighted by Gasteiger charge is 1.99. The van der Waals surface area contributed by atoms with Crippen molar-refractivity contribution in [1.82, 2.24) is 4.74 Å². The summed E-state index contributed by atoms with van der Waals surface area (Å²) in [5.74, 6) is 0.604. The van der Waals surface area contributed by atoms with Gasteiger partial charge in [0, 0.05) is 6.07 Å². The number of aromatic nitrogens is 1. The fourth-order valence-corrected chi connectivity index (χ4v) is 0.836. The SMILES string of the molecule is CC(C)CCn1occc1=O. The number of rotatable bonds is 3. The zero-order valence-corrected chi connectivity index (χ0v) is 6.91. The van der Waals surface area contributed by atoms with Gasteiger partial charge in [0.15, 0.2) is 0 Å². The van der Waals surface area contributed by atoms with Crippen molar-refractivity contribution in [2.75, 3.05) is 0 Å². The molecule has 0 aliphatic heterocycles. The number of hydrogen-bond donors (Lipinski definition) is 0. The van der Waals surface area contributed by atoms with Crippen LogP contribution in [0.25, 0.3) is 0 Å². The van der Waals surface area contributed by atoms with E-state index in [4.69, 9.17) is 4.52 Å². The van der Waals surface area contributed by atoms with Gasteiger partial charge in [0.05, 0.1) is 6.54 Å². The fraction of sp³-hybridized carbons (Fsp3) is 0.625. The van der Waals surface area contributed by atoms with Crippen LogP contribution in [0.2, 0.25) is 0 Å². The molecule has 0 amide bonds. The molecule has 0 unspecified atom stereocenters. The molecule has 0 saturated heterocycles. The number of aryl methyl sites for hydroxylation is 1. The summed E-state index contributed by atoms with van der Waals surface area (Å²) in [6.07, 6.45) is 2.40. The maximum absolute atomic E-state index is 10.9. The molecule has 1 aromatic heterocycles. The number of hydrogen-bond acceptors (Lipinski definition) is 2. The second-order valence-corrected chi connectivity index (χ2v) is 3.03. The monoisotopic (exact) mass is 155 g/mol. The molecule has 0 radical (unpaired) electrons. The van der Waals surface area contributed by atoms with E-state index in [1.54, 1.807) is 0 Å². The van der Waals surface area contributed by atoms with E-state index < -0.39 is 0 Å². The van der Waals surface area contributed by atoms with E-state index in [-0.39, 0.29) is 5.56 Å². The van der Waals surface area contributed by atoms with E-state index in [0.717, 1.165) is 6.42 Å². The van der Waals surface area contributed by atoms with Crippen LogP contribution < -0.4 is 5.56 Å². The standard InChI is InChI=1S/C8H13NO2/c1-7(2)3-5-9-8(10)4-6-11-9/h4,6-7H,3,5H2,1-2H3. The lowest BCUT2D eigenvalue weighted by Crippen LogP contribution is -2.14. The minimum Gasteiger partial charge on any atom is -0.384 e. The van der Waals surface area contributed by atoms with Gasteiger partial charge in [-0.1, -0.05) is 13.8 Å². The molecule has 0 aliphatic rings. The minimum absolute atomic E-state index is 0.0503. The molecular weight excluding hydrogens is 142 g/mol. The van der Waals surface area contributed by atoms with Crippen LogP contribution in [0.5, 0.6) is 0 Å². The average Bonchev–Trinajstić information content (AvgIpc) is 2.31. The molecule has 0 atom stereocenters. The molecule has 0 aromatic carbocycles. The molecule has 0 bridgehead atoms. The Morgan fingerprint density at radius 3 is 2.82 bits per heavy atom. The fourth-order valence-electron chi connectivity index (χ4n) is 0.836. The van der Waals surface area contributed by atoms with Gasteiger partial charge in [0.25, 0.3) is 5.56 Å². The predicted molar refractivity (Wildman–Crippen MR) is 42.4 cm³/mol. The summed E-state index contributed by atoms with van der Waals surface area (Å²) in [6, 6.07) is 1.43. The molecule has 3 heteroatoms. The first-order valence-electron chi connectivity index (χ1n) is 3.85. The first kappa shape index (κ1) is 8.11. The van der Waals surface area contributed by atoms with E-state index in [2.05, 4.69) is 13.8 Å². The smallest absolute Gasteiger partial charge is 0.282 e. The molecule has 0 spiro atoms. The summed E-state index contributed by atoms with van der Waals surface area (Å²) in [6.45, 7) is 4.92. The Hall–Kier alpha value is -0.990. The molecular formula is C8H13NO2. The third-order valence-electron chi connectivity index (χ3n) is 1.55. The molecule has 3 nitrogen and oxygen atoms in total. The van der Waals surface area contributed by atoms with Crippen LogP contribution in [-0.4, -0.2) is 4.74 Å². The minimum atomic E-state index is -0.0503. The van der Waals surface area contributed by atoms with Crippen molar-refractivity contribution >= 4 is 0 Å². The van der Waals surface area contributed by atoms with Gasteiger partial charge in [-0.25, -0.2) is 0 Å². The molecule has 11 heavy (non-hydrogen) atoms. The first-order chi connectivity index (χ1) is 5.20. The summed E-state index contributed by atoms with van der Waals surface area (Å²) in [4.78, 5) is 10.9. The highest BCUT2D eigenvalue weighted by molar-refractivity contribution is 4.75. The summed E-state index contributed by atoms with van der Waals surface area (Å²) in [7, 11) is 0. The van der Waals surface area contributed by atoms with Crippen LogP contribution in [0.15, 0.2) is 21.6 Å². The van der Waals surface area contributed by atoms with Gasteiger partial charge in [0.1, 0.15) is 6.26 Å². The average molecular weight is 155 g/mol. The third-order valence-corrected chi connectivity index (χ3v) is 1.55. The van der Waals surface area contributed by atoms with Crippen molar-refractivity contribution in [1.29, 1.82) is 0 Å². The summed E-state index contributed by atoms with van der Waals surface area (Å²) in [5.41, 5.74) is -0.0503. The number of nitrogens with zero attached hydrogens (tertiary/aromatic N) is 1. The van der Waals surface area contributed by atoms with Gasteiger partial charge in [-0.15, -0.1) is 0 Å². The lowest BCUT2D eigenvalue weighted by atomic mass is 10.1. The zero-order chi connectivity index (χ0) is 8.27. The Labute approximate surface area is 65.6 Å². The van der Waals surface area contributed by atoms with Crippen molar-refractivity contribution in [3.05, 3.63) is 22.7 Å². The molecule has 0 N–H and O–H groups in total. The van der Waals surface area contributed by atoms with Gasteiger partial charge in [0.2, 0.25) is 0 Å². The van der Waals surface area contributed by atoms with E-state index in [0.29, 0.717) is 12.5 Å². The van der Waals surface area contributed by atoms with E-state index in [1.165, 1.54) is 17.1 Å². The Bertz CT molecular complexity index is 259. The van der Waals surface area contributed by atoms with Crippen LogP contribution in [0.4, 0.5) is 0 Å². The third kappa shape index (κ3) is 2.26. The van der Waals surface area contributed by atoms with Gasteiger partial charge in [-0.2, -0.15) is 4.74 Å². The summed E-state index contributed by atoms with van der Waals surface area (Å²) in [5, 5.41) is 0. The Kier molecular flexibility index (Phi) is 2.52. The predicted octanol–water partition coefficient (Wildman–Crippen LogP) is 1.49. The Morgan fingerprint density at radius 2 is 2.36 bits per heavy atom. The van der Waals surface area contributed by atoms with Gasteiger partial charge >= 0.3 is 0 Å². The topological polar surface area (TPSA) is 35.1 Å². The van der Waals surface area contributed by atoms with E-state index in [9.17, 15) is 4.79 Å². The second-order valence-electron chi connectivity index (χ2n) is 3.03. The summed E-state index contributed by atoms with van der Waals surface area (Å²) < 4.78 is 6.29. The normalized spacial score (nSPS) is 10.8.